The minimum atomic E-state index is -1.27. The number of hydrogen-bond donors (Lipinski definition) is 5. The fraction of sp³-hybridized carbons (Fsp3) is 0.188. The summed E-state index contributed by atoms with van der Waals surface area (Å²) in [6.45, 7) is 1.28. The van der Waals surface area contributed by atoms with E-state index in [0.717, 1.165) is 11.8 Å². The molecule has 0 aromatic heterocycles. The maximum atomic E-state index is 13.0. The Kier molecular flexibility index (Phi) is 8.42. The highest BCUT2D eigenvalue weighted by Crippen LogP contribution is 2.43. The molecule has 5 N–H and O–H groups in total. The summed E-state index contributed by atoms with van der Waals surface area (Å²) in [6.07, 6.45) is 0. The number of aromatic hydroxyl groups is 1. The number of nitrogens with one attached hydrogen (secondary N) is 2. The van der Waals surface area contributed by atoms with Gasteiger partial charge in [0.15, 0.2) is 5.43 Å². The number of thioether (sulfide) groups is 2. The standard InChI is InChI=1S/C32H25N3O10S2/c1-14(36)33-27-29(40)35-28(32(43)44)15(12-47-30(27)35)11-46-13-25(39)34-16-2-5-19(31(41)42)22(8-16)26-20-6-3-17(37)9-23(20)45-24-10-18(38)4-7-21(24)26/h2-10,27,30,37H,11-13H2,1H3,(H,33,36)(H,34,39)(H,41,42)(H,43,44). The Labute approximate surface area is 274 Å². The highest BCUT2D eigenvalue weighted by Gasteiger charge is 2.53. The van der Waals surface area contributed by atoms with Crippen LogP contribution >= 0.6 is 23.5 Å². The van der Waals surface area contributed by atoms with Crippen molar-refractivity contribution in [3.05, 3.63) is 81.7 Å². The Morgan fingerprint density at radius 2 is 1.79 bits per heavy atom. The molecule has 1 saturated heterocycles. The van der Waals surface area contributed by atoms with E-state index in [1.807, 2.05) is 0 Å². The molecule has 0 saturated carbocycles. The highest BCUT2D eigenvalue weighted by molar-refractivity contribution is 8.01. The monoisotopic (exact) mass is 675 g/mol. The number of aromatic carboxylic acids is 1. The SMILES string of the molecule is CC(=O)NC1C(=O)N2C(C(=O)O)=C(CSCC(=O)Nc3ccc(C(=O)O)c(-c4c5ccc(=O)cc-5oc5cc(O)ccc45)c3)CSC12. The number of anilines is 1. The topological polar surface area (TPSA) is 204 Å². The van der Waals surface area contributed by atoms with E-state index in [-0.39, 0.29) is 62.4 Å². The Bertz CT molecular complexity index is 2070. The molecule has 2 aromatic rings. The average molecular weight is 676 g/mol. The Morgan fingerprint density at radius 1 is 1.00 bits per heavy atom. The van der Waals surface area contributed by atoms with Crippen LogP contribution in [-0.4, -0.2) is 78.6 Å². The van der Waals surface area contributed by atoms with Crippen LogP contribution in [0.15, 0.2) is 75.1 Å². The van der Waals surface area contributed by atoms with Crippen LogP contribution in [0.4, 0.5) is 5.69 Å². The van der Waals surface area contributed by atoms with Crippen molar-refractivity contribution in [2.24, 2.45) is 0 Å². The largest absolute Gasteiger partial charge is 0.508 e. The van der Waals surface area contributed by atoms with Crippen LogP contribution in [0.2, 0.25) is 0 Å². The zero-order valence-corrected chi connectivity index (χ0v) is 26.1. The number of rotatable bonds is 9. The van der Waals surface area contributed by atoms with Gasteiger partial charge < -0.3 is 30.4 Å². The zero-order chi connectivity index (χ0) is 33.6. The van der Waals surface area contributed by atoms with Gasteiger partial charge in [-0.15, -0.1) is 23.5 Å². The molecule has 47 heavy (non-hydrogen) atoms. The van der Waals surface area contributed by atoms with E-state index >= 15 is 0 Å². The van der Waals surface area contributed by atoms with Gasteiger partial charge in [0, 0.05) is 52.8 Å². The molecule has 2 unspecified atom stereocenters. The fourth-order valence-electron chi connectivity index (χ4n) is 5.64. The molecule has 3 amide bonds. The maximum Gasteiger partial charge on any atom is 0.352 e. The number of nitrogens with zero attached hydrogens (tertiary/aromatic N) is 1. The number of hydrogen-bond acceptors (Lipinski definition) is 10. The lowest BCUT2D eigenvalue weighted by atomic mass is 9.90. The van der Waals surface area contributed by atoms with Crippen molar-refractivity contribution in [1.82, 2.24) is 10.2 Å². The first kappa shape index (κ1) is 31.7. The number of carbonyl (C=O) groups excluding carboxylic acids is 3. The second-order valence-corrected chi connectivity index (χ2v) is 12.9. The van der Waals surface area contributed by atoms with Gasteiger partial charge in [-0.05, 0) is 53.6 Å². The van der Waals surface area contributed by atoms with Crippen LogP contribution in [0.25, 0.3) is 33.4 Å². The lowest BCUT2D eigenvalue weighted by molar-refractivity contribution is -0.150. The Morgan fingerprint density at radius 3 is 2.51 bits per heavy atom. The number of carboxylic acids is 2. The number of aliphatic carboxylic acids is 1. The number of carbonyl (C=O) groups is 5. The molecule has 240 valence electrons. The smallest absolute Gasteiger partial charge is 0.352 e. The van der Waals surface area contributed by atoms with Crippen molar-refractivity contribution < 1.29 is 43.7 Å². The van der Waals surface area contributed by atoms with Crippen molar-refractivity contribution in [3.8, 4) is 28.2 Å². The van der Waals surface area contributed by atoms with E-state index < -0.39 is 35.2 Å². The third kappa shape index (κ3) is 6.02. The van der Waals surface area contributed by atoms with Gasteiger partial charge in [-0.1, -0.05) is 0 Å². The molecule has 0 bridgehead atoms. The van der Waals surface area contributed by atoms with E-state index in [2.05, 4.69) is 10.6 Å². The molecule has 15 heteroatoms. The number of fused-ring (bicyclic) bond motifs is 3. The van der Waals surface area contributed by atoms with Crippen LogP contribution < -0.4 is 16.1 Å². The summed E-state index contributed by atoms with van der Waals surface area (Å²) >= 11 is 2.48. The molecular formula is C32H25N3O10S2. The Hall–Kier alpha value is -5.28. The minimum absolute atomic E-state index is 0.0760. The molecule has 6 rings (SSSR count). The molecule has 4 aliphatic rings. The average Bonchev–Trinajstić information content (AvgIpc) is 3.01. The third-order valence-corrected chi connectivity index (χ3v) is 9.96. The summed E-state index contributed by atoms with van der Waals surface area (Å²) in [5, 5.41) is 35.2. The third-order valence-electron chi connectivity index (χ3n) is 7.60. The molecule has 3 aliphatic heterocycles. The van der Waals surface area contributed by atoms with Crippen LogP contribution in [0.1, 0.15) is 17.3 Å². The van der Waals surface area contributed by atoms with Gasteiger partial charge in [0.25, 0.3) is 5.91 Å². The maximum absolute atomic E-state index is 13.0. The molecule has 3 heterocycles. The van der Waals surface area contributed by atoms with Crippen LogP contribution in [0, 0.1) is 0 Å². The normalized spacial score (nSPS) is 17.3. The van der Waals surface area contributed by atoms with Crippen molar-refractivity contribution in [2.45, 2.75) is 18.3 Å². The summed E-state index contributed by atoms with van der Waals surface area (Å²) < 4.78 is 5.86. The molecule has 0 radical (unpaired) electrons. The minimum Gasteiger partial charge on any atom is -0.508 e. The van der Waals surface area contributed by atoms with E-state index in [1.54, 1.807) is 6.07 Å². The van der Waals surface area contributed by atoms with Gasteiger partial charge >= 0.3 is 11.9 Å². The van der Waals surface area contributed by atoms with Crippen LogP contribution in [0.3, 0.4) is 0 Å². The lowest BCUT2D eigenvalue weighted by Gasteiger charge is -2.49. The van der Waals surface area contributed by atoms with Gasteiger partial charge in [-0.25, -0.2) is 9.59 Å². The quantitative estimate of drug-likeness (QED) is 0.128. The number of phenols is 1. The molecule has 2 aromatic carbocycles. The molecule has 1 fully saturated rings. The number of amides is 3. The van der Waals surface area contributed by atoms with Crippen molar-refractivity contribution in [3.63, 3.8) is 0 Å². The number of phenolic OH excluding ortho intramolecular Hbond substituents is 1. The van der Waals surface area contributed by atoms with Crippen molar-refractivity contribution in [1.29, 1.82) is 0 Å². The van der Waals surface area contributed by atoms with Gasteiger partial charge in [0.05, 0.1) is 11.3 Å². The fourth-order valence-corrected chi connectivity index (χ4v) is 7.96. The number of carboxylic acid groups (broad SMARTS) is 2. The predicted octanol–water partition coefficient (Wildman–Crippen LogP) is 3.40. The Balaban J connectivity index is 1.24. The van der Waals surface area contributed by atoms with Gasteiger partial charge in [0.1, 0.15) is 34.2 Å². The molecule has 2 atom stereocenters. The summed E-state index contributed by atoms with van der Waals surface area (Å²) in [5.74, 6) is -3.36. The van der Waals surface area contributed by atoms with Gasteiger partial charge in [-0.3, -0.25) is 24.1 Å². The highest BCUT2D eigenvalue weighted by atomic mass is 32.2. The second-order valence-electron chi connectivity index (χ2n) is 10.8. The van der Waals surface area contributed by atoms with E-state index in [9.17, 15) is 44.1 Å². The summed E-state index contributed by atoms with van der Waals surface area (Å²) in [4.78, 5) is 74.7. The summed E-state index contributed by atoms with van der Waals surface area (Å²) in [5.41, 5.74) is 1.53. The molecule has 1 aliphatic carbocycles. The zero-order valence-electron chi connectivity index (χ0n) is 24.4. The van der Waals surface area contributed by atoms with E-state index in [1.165, 1.54) is 72.1 Å². The van der Waals surface area contributed by atoms with Crippen LogP contribution in [-0.2, 0) is 19.2 Å². The van der Waals surface area contributed by atoms with Gasteiger partial charge in [-0.2, -0.15) is 0 Å². The summed E-state index contributed by atoms with van der Waals surface area (Å²) in [6, 6.07) is 12.0. The molecule has 0 spiro atoms. The molecular weight excluding hydrogens is 650 g/mol. The van der Waals surface area contributed by atoms with Gasteiger partial charge in [0.2, 0.25) is 11.8 Å². The van der Waals surface area contributed by atoms with Crippen molar-refractivity contribution in [2.75, 3.05) is 22.6 Å². The van der Waals surface area contributed by atoms with Crippen LogP contribution in [0.5, 0.6) is 5.75 Å². The van der Waals surface area contributed by atoms with E-state index in [0.29, 0.717) is 27.8 Å². The van der Waals surface area contributed by atoms with Crippen molar-refractivity contribution >= 4 is 69.8 Å². The number of β-lactam (4-membered cyclic amide) rings is 1. The lowest BCUT2D eigenvalue weighted by Crippen LogP contribution is -2.70. The second kappa shape index (κ2) is 12.5. The first-order valence-corrected chi connectivity index (χ1v) is 16.2. The first-order chi connectivity index (χ1) is 22.4. The molecule has 13 nitrogen and oxygen atoms in total. The predicted molar refractivity (Wildman–Crippen MR) is 174 cm³/mol. The van der Waals surface area contributed by atoms with E-state index in [4.69, 9.17) is 4.42 Å². The number of benzene rings is 3. The summed E-state index contributed by atoms with van der Waals surface area (Å²) in [7, 11) is 0. The first-order valence-electron chi connectivity index (χ1n) is 14.0.